The molecule has 0 fully saturated rings. The van der Waals surface area contributed by atoms with Crippen molar-refractivity contribution in [2.75, 3.05) is 12.4 Å². The van der Waals surface area contributed by atoms with Crippen LogP contribution in [0.5, 0.6) is 5.75 Å². The number of halogens is 1. The van der Waals surface area contributed by atoms with Crippen molar-refractivity contribution in [3.8, 4) is 16.9 Å². The largest absolute Gasteiger partial charge is 0.489 e. The summed E-state index contributed by atoms with van der Waals surface area (Å²) in [6.07, 6.45) is 1.39. The summed E-state index contributed by atoms with van der Waals surface area (Å²) >= 11 is 6.11. The highest BCUT2D eigenvalue weighted by molar-refractivity contribution is 6.30. The van der Waals surface area contributed by atoms with E-state index in [2.05, 4.69) is 61.4 Å². The summed E-state index contributed by atoms with van der Waals surface area (Å²) in [5, 5.41) is 4.01. The summed E-state index contributed by atoms with van der Waals surface area (Å²) in [6.45, 7) is 4.80. The molecule has 0 spiro atoms. The maximum absolute atomic E-state index is 8.94. The van der Waals surface area contributed by atoms with E-state index >= 15 is 0 Å². The molecule has 3 aromatic carbocycles. The van der Waals surface area contributed by atoms with Gasteiger partial charge in [-0.3, -0.25) is 10.2 Å². The SMILES string of the molecule is CCc1cccc(NC)c1COc1ccc(-c2cccc(Cl)c2)cc1C.NNC=O. The number of carbonyl (C=O) groups is 1. The highest BCUT2D eigenvalue weighted by Gasteiger charge is 2.09. The molecule has 0 aliphatic rings. The number of nitrogens with one attached hydrogen (secondary N) is 2. The predicted octanol–water partition coefficient (Wildman–Crippen LogP) is 5.10. The number of aryl methyl sites for hydroxylation is 2. The maximum Gasteiger partial charge on any atom is 0.221 e. The van der Waals surface area contributed by atoms with Gasteiger partial charge in [0, 0.05) is 23.3 Å². The molecule has 158 valence electrons. The minimum absolute atomic E-state index is 0.403. The van der Waals surface area contributed by atoms with Crippen molar-refractivity contribution < 1.29 is 9.53 Å². The molecular formula is C24H28ClN3O2. The van der Waals surface area contributed by atoms with Crippen molar-refractivity contribution in [1.82, 2.24) is 5.43 Å². The maximum atomic E-state index is 8.94. The summed E-state index contributed by atoms with van der Waals surface area (Å²) < 4.78 is 6.16. The lowest BCUT2D eigenvalue weighted by Crippen LogP contribution is -2.18. The number of hydrogen-bond donors (Lipinski definition) is 3. The standard InChI is InChI=1S/C23H24ClNO.CH4N2O/c1-4-17-7-6-10-22(25-3)21(17)15-26-23-12-11-19(13-16(23)2)18-8-5-9-20(24)14-18;2-3-1-4/h5-14,25H,4,15H2,1-3H3;1H,2H2,(H,3,4). The van der Waals surface area contributed by atoms with Gasteiger partial charge >= 0.3 is 0 Å². The topological polar surface area (TPSA) is 76.4 Å². The zero-order chi connectivity index (χ0) is 21.9. The summed E-state index contributed by atoms with van der Waals surface area (Å²) in [4.78, 5) is 8.94. The number of benzene rings is 3. The van der Waals surface area contributed by atoms with Crippen LogP contribution in [0.4, 0.5) is 5.69 Å². The van der Waals surface area contributed by atoms with Crippen LogP contribution >= 0.6 is 11.6 Å². The van der Waals surface area contributed by atoms with E-state index in [9.17, 15) is 0 Å². The van der Waals surface area contributed by atoms with Gasteiger partial charge in [0.25, 0.3) is 0 Å². The number of nitrogens with two attached hydrogens (primary N) is 1. The number of hydrogen-bond acceptors (Lipinski definition) is 4. The Hall–Kier alpha value is -3.02. The average Bonchev–Trinajstić information content (AvgIpc) is 2.78. The van der Waals surface area contributed by atoms with Gasteiger partial charge in [-0.2, -0.15) is 0 Å². The lowest BCUT2D eigenvalue weighted by atomic mass is 10.0. The third-order valence-corrected chi connectivity index (χ3v) is 4.93. The second kappa shape index (κ2) is 11.9. The molecule has 3 rings (SSSR count). The number of ether oxygens (including phenoxy) is 1. The first-order chi connectivity index (χ1) is 14.5. The molecule has 3 aromatic rings. The van der Waals surface area contributed by atoms with Crippen molar-refractivity contribution in [2.24, 2.45) is 5.84 Å². The van der Waals surface area contributed by atoms with Crippen LogP contribution in [0, 0.1) is 6.92 Å². The van der Waals surface area contributed by atoms with Crippen molar-refractivity contribution >= 4 is 23.7 Å². The fraction of sp³-hybridized carbons (Fsp3) is 0.208. The normalized spacial score (nSPS) is 9.90. The summed E-state index contributed by atoms with van der Waals surface area (Å²) in [6, 6.07) is 20.5. The molecule has 0 aliphatic carbocycles. The minimum atomic E-state index is 0.403. The predicted molar refractivity (Wildman–Crippen MR) is 125 cm³/mol. The Bertz CT molecular complexity index is 954. The number of hydrazine groups is 1. The molecule has 0 heterocycles. The van der Waals surface area contributed by atoms with Crippen LogP contribution in [-0.4, -0.2) is 13.5 Å². The van der Waals surface area contributed by atoms with E-state index < -0.39 is 0 Å². The van der Waals surface area contributed by atoms with Crippen LogP contribution in [0.3, 0.4) is 0 Å². The molecule has 0 radical (unpaired) electrons. The van der Waals surface area contributed by atoms with E-state index in [1.165, 1.54) is 11.1 Å². The van der Waals surface area contributed by atoms with Crippen molar-refractivity contribution in [1.29, 1.82) is 0 Å². The molecule has 0 aromatic heterocycles. The molecule has 0 saturated heterocycles. The smallest absolute Gasteiger partial charge is 0.221 e. The molecule has 6 heteroatoms. The van der Waals surface area contributed by atoms with Crippen LogP contribution in [0.25, 0.3) is 11.1 Å². The molecule has 1 amide bonds. The van der Waals surface area contributed by atoms with Gasteiger partial charge in [0.15, 0.2) is 0 Å². The van der Waals surface area contributed by atoms with Crippen LogP contribution in [0.15, 0.2) is 60.7 Å². The molecule has 4 N–H and O–H groups in total. The fourth-order valence-electron chi connectivity index (χ4n) is 3.18. The Balaban J connectivity index is 0.000000735. The zero-order valence-electron chi connectivity index (χ0n) is 17.5. The third-order valence-electron chi connectivity index (χ3n) is 4.70. The first-order valence-corrected chi connectivity index (χ1v) is 10.1. The molecule has 0 atom stereocenters. The van der Waals surface area contributed by atoms with Crippen molar-refractivity contribution in [2.45, 2.75) is 26.9 Å². The van der Waals surface area contributed by atoms with E-state index in [0.29, 0.717) is 13.0 Å². The van der Waals surface area contributed by atoms with E-state index in [0.717, 1.165) is 39.6 Å². The van der Waals surface area contributed by atoms with E-state index in [1.54, 1.807) is 5.43 Å². The first kappa shape index (κ1) is 23.3. The number of anilines is 1. The highest BCUT2D eigenvalue weighted by Crippen LogP contribution is 2.29. The second-order valence-electron chi connectivity index (χ2n) is 6.61. The molecule has 0 bridgehead atoms. The number of rotatable bonds is 7. The van der Waals surface area contributed by atoms with Gasteiger partial charge in [0.2, 0.25) is 6.41 Å². The van der Waals surface area contributed by atoms with Crippen LogP contribution < -0.4 is 21.3 Å². The zero-order valence-corrected chi connectivity index (χ0v) is 18.3. The van der Waals surface area contributed by atoms with Crippen molar-refractivity contribution in [3.63, 3.8) is 0 Å². The van der Waals surface area contributed by atoms with E-state index in [4.69, 9.17) is 21.1 Å². The molecule has 0 saturated carbocycles. The monoisotopic (exact) mass is 425 g/mol. The van der Waals surface area contributed by atoms with Gasteiger partial charge in [-0.25, -0.2) is 5.84 Å². The van der Waals surface area contributed by atoms with Gasteiger partial charge < -0.3 is 10.1 Å². The second-order valence-corrected chi connectivity index (χ2v) is 7.05. The Morgan fingerprint density at radius 2 is 1.77 bits per heavy atom. The number of amides is 1. The Morgan fingerprint density at radius 3 is 2.37 bits per heavy atom. The Morgan fingerprint density at radius 1 is 1.07 bits per heavy atom. The quantitative estimate of drug-likeness (QED) is 0.213. The fourth-order valence-corrected chi connectivity index (χ4v) is 3.37. The molecule has 5 nitrogen and oxygen atoms in total. The molecule has 0 aliphatic heterocycles. The lowest BCUT2D eigenvalue weighted by molar-refractivity contribution is -0.109. The van der Waals surface area contributed by atoms with Crippen LogP contribution in [-0.2, 0) is 17.8 Å². The summed E-state index contributed by atoms with van der Waals surface area (Å²) in [5.41, 5.74) is 8.77. The van der Waals surface area contributed by atoms with Gasteiger partial charge in [-0.15, -0.1) is 0 Å². The molecule has 0 unspecified atom stereocenters. The average molecular weight is 426 g/mol. The Kier molecular flexibility index (Phi) is 9.19. The van der Waals surface area contributed by atoms with Crippen LogP contribution in [0.1, 0.15) is 23.6 Å². The van der Waals surface area contributed by atoms with E-state index in [1.807, 2.05) is 31.3 Å². The summed E-state index contributed by atoms with van der Waals surface area (Å²) in [7, 11) is 1.95. The van der Waals surface area contributed by atoms with Gasteiger partial charge in [-0.1, -0.05) is 48.9 Å². The van der Waals surface area contributed by atoms with Crippen LogP contribution in [0.2, 0.25) is 5.02 Å². The molecular weight excluding hydrogens is 398 g/mol. The van der Waals surface area contributed by atoms with Gasteiger partial charge in [-0.05, 0) is 65.9 Å². The minimum Gasteiger partial charge on any atom is -0.489 e. The van der Waals surface area contributed by atoms with E-state index in [-0.39, 0.29) is 0 Å². The first-order valence-electron chi connectivity index (χ1n) is 9.71. The van der Waals surface area contributed by atoms with Gasteiger partial charge in [0.1, 0.15) is 12.4 Å². The summed E-state index contributed by atoms with van der Waals surface area (Å²) in [5.74, 6) is 5.32. The molecule has 30 heavy (non-hydrogen) atoms. The third kappa shape index (κ3) is 6.24. The van der Waals surface area contributed by atoms with Gasteiger partial charge in [0.05, 0.1) is 0 Å². The Labute approximate surface area is 183 Å². The van der Waals surface area contributed by atoms with Crippen molar-refractivity contribution in [3.05, 3.63) is 82.4 Å². The number of carbonyl (C=O) groups excluding carboxylic acids is 1. The lowest BCUT2D eigenvalue weighted by Gasteiger charge is -2.16. The highest BCUT2D eigenvalue weighted by atomic mass is 35.5.